The van der Waals surface area contributed by atoms with E-state index in [0.717, 1.165) is 12.0 Å². The van der Waals surface area contributed by atoms with E-state index in [-0.39, 0.29) is 11.9 Å². The van der Waals surface area contributed by atoms with Gasteiger partial charge in [-0.15, -0.1) is 0 Å². The van der Waals surface area contributed by atoms with Gasteiger partial charge in [-0.25, -0.2) is 0 Å². The molecular weight excluding hydrogens is 260 g/mol. The minimum atomic E-state index is -0.151. The van der Waals surface area contributed by atoms with Gasteiger partial charge in [0.1, 0.15) is 5.69 Å². The summed E-state index contributed by atoms with van der Waals surface area (Å²) in [5.41, 5.74) is 1.57. The Morgan fingerprint density at radius 1 is 1.26 bits per heavy atom. The maximum Gasteiger partial charge on any atom is 0.270 e. The van der Waals surface area contributed by atoms with E-state index in [2.05, 4.69) is 10.3 Å². The summed E-state index contributed by atoms with van der Waals surface area (Å²) >= 11 is 5.83. The summed E-state index contributed by atoms with van der Waals surface area (Å²) in [6, 6.07) is 13.0. The first-order valence-corrected chi connectivity index (χ1v) is 6.49. The van der Waals surface area contributed by atoms with E-state index in [0.29, 0.717) is 10.7 Å². The zero-order chi connectivity index (χ0) is 13.7. The summed E-state index contributed by atoms with van der Waals surface area (Å²) in [4.78, 5) is 15.9. The molecule has 19 heavy (non-hydrogen) atoms. The lowest BCUT2D eigenvalue weighted by atomic mass is 10.1. The molecule has 0 aliphatic rings. The van der Waals surface area contributed by atoms with Gasteiger partial charge in [0.25, 0.3) is 5.91 Å². The molecule has 0 bridgehead atoms. The second-order valence-corrected chi connectivity index (χ2v) is 4.86. The molecule has 0 radical (unpaired) electrons. The predicted octanol–water partition coefficient (Wildman–Crippen LogP) is 3.10. The smallest absolute Gasteiger partial charge is 0.270 e. The lowest BCUT2D eigenvalue weighted by molar-refractivity contribution is 0.0935. The third-order valence-electron chi connectivity index (χ3n) is 2.73. The van der Waals surface area contributed by atoms with Gasteiger partial charge >= 0.3 is 0 Å². The molecule has 0 fully saturated rings. The number of aromatic nitrogens is 1. The number of nitrogens with one attached hydrogen (secondary N) is 1. The van der Waals surface area contributed by atoms with Crippen LogP contribution in [-0.4, -0.2) is 16.9 Å². The zero-order valence-electron chi connectivity index (χ0n) is 10.6. The highest BCUT2D eigenvalue weighted by Crippen LogP contribution is 2.11. The maximum atomic E-state index is 11.9. The number of halogens is 1. The van der Waals surface area contributed by atoms with E-state index in [1.54, 1.807) is 24.4 Å². The van der Waals surface area contributed by atoms with Crippen molar-refractivity contribution in [3.8, 4) is 0 Å². The van der Waals surface area contributed by atoms with Gasteiger partial charge in [-0.05, 0) is 43.2 Å². The van der Waals surface area contributed by atoms with Crippen LogP contribution in [0.25, 0.3) is 0 Å². The molecule has 0 unspecified atom stereocenters. The van der Waals surface area contributed by atoms with Crippen LogP contribution in [0.4, 0.5) is 0 Å². The van der Waals surface area contributed by atoms with Crippen molar-refractivity contribution in [3.63, 3.8) is 0 Å². The van der Waals surface area contributed by atoms with Gasteiger partial charge in [0.2, 0.25) is 0 Å². The predicted molar refractivity (Wildman–Crippen MR) is 76.3 cm³/mol. The summed E-state index contributed by atoms with van der Waals surface area (Å²) in [6.45, 7) is 1.97. The molecule has 1 aromatic heterocycles. The van der Waals surface area contributed by atoms with E-state index in [4.69, 9.17) is 11.6 Å². The summed E-state index contributed by atoms with van der Waals surface area (Å²) in [6.07, 6.45) is 2.37. The van der Waals surface area contributed by atoms with Gasteiger partial charge in [0.05, 0.1) is 0 Å². The number of hydrogen-bond acceptors (Lipinski definition) is 2. The standard InChI is InChI=1S/C15H15ClN2O/c1-11(10-12-5-7-13(16)8-6-12)18-15(19)14-4-2-3-9-17-14/h2-9,11H,10H2,1H3,(H,18,19)/t11-/m1/s1. The van der Waals surface area contributed by atoms with E-state index in [1.165, 1.54) is 0 Å². The van der Waals surface area contributed by atoms with Crippen molar-refractivity contribution < 1.29 is 4.79 Å². The maximum absolute atomic E-state index is 11.9. The minimum Gasteiger partial charge on any atom is -0.348 e. The normalized spacial score (nSPS) is 11.9. The van der Waals surface area contributed by atoms with Gasteiger partial charge in [0, 0.05) is 17.3 Å². The van der Waals surface area contributed by atoms with E-state index in [1.807, 2.05) is 31.2 Å². The molecule has 0 spiro atoms. The van der Waals surface area contributed by atoms with E-state index >= 15 is 0 Å². The molecule has 2 rings (SSSR count). The third kappa shape index (κ3) is 4.07. The number of carbonyl (C=O) groups is 1. The van der Waals surface area contributed by atoms with Gasteiger partial charge in [-0.1, -0.05) is 29.8 Å². The van der Waals surface area contributed by atoms with Gasteiger partial charge in [-0.3, -0.25) is 9.78 Å². The molecule has 1 N–H and O–H groups in total. The van der Waals surface area contributed by atoms with Crippen LogP contribution < -0.4 is 5.32 Å². The van der Waals surface area contributed by atoms with Crippen molar-refractivity contribution >= 4 is 17.5 Å². The molecule has 0 saturated heterocycles. The number of pyridine rings is 1. The topological polar surface area (TPSA) is 42.0 Å². The van der Waals surface area contributed by atoms with Crippen LogP contribution in [0.3, 0.4) is 0 Å². The van der Waals surface area contributed by atoms with Gasteiger partial charge < -0.3 is 5.32 Å². The quantitative estimate of drug-likeness (QED) is 0.931. The van der Waals surface area contributed by atoms with Crippen LogP contribution in [0.2, 0.25) is 5.02 Å². The Morgan fingerprint density at radius 3 is 2.63 bits per heavy atom. The SMILES string of the molecule is C[C@H](Cc1ccc(Cl)cc1)NC(=O)c1ccccn1. The molecular formula is C15H15ClN2O. The number of carbonyl (C=O) groups excluding carboxylic acids is 1. The highest BCUT2D eigenvalue weighted by atomic mass is 35.5. The van der Waals surface area contributed by atoms with Crippen molar-refractivity contribution in [1.29, 1.82) is 0 Å². The first-order chi connectivity index (χ1) is 9.15. The Kier molecular flexibility index (Phi) is 4.53. The van der Waals surface area contributed by atoms with Gasteiger partial charge in [-0.2, -0.15) is 0 Å². The molecule has 0 aliphatic carbocycles. The Hall–Kier alpha value is -1.87. The van der Waals surface area contributed by atoms with Gasteiger partial charge in [0.15, 0.2) is 0 Å². The summed E-state index contributed by atoms with van der Waals surface area (Å²) in [5, 5.41) is 3.64. The highest BCUT2D eigenvalue weighted by Gasteiger charge is 2.10. The molecule has 0 aliphatic heterocycles. The van der Waals surface area contributed by atoms with Crippen molar-refractivity contribution in [2.24, 2.45) is 0 Å². The van der Waals surface area contributed by atoms with Crippen molar-refractivity contribution in [3.05, 3.63) is 64.9 Å². The molecule has 98 valence electrons. The average molecular weight is 275 g/mol. The molecule has 1 aromatic carbocycles. The number of nitrogens with zero attached hydrogens (tertiary/aromatic N) is 1. The van der Waals surface area contributed by atoms with Crippen LogP contribution in [0.15, 0.2) is 48.7 Å². The number of benzene rings is 1. The monoisotopic (exact) mass is 274 g/mol. The van der Waals surface area contributed by atoms with Crippen LogP contribution in [0.5, 0.6) is 0 Å². The van der Waals surface area contributed by atoms with Crippen molar-refractivity contribution in [2.45, 2.75) is 19.4 Å². The third-order valence-corrected chi connectivity index (χ3v) is 2.98. The summed E-state index contributed by atoms with van der Waals surface area (Å²) < 4.78 is 0. The zero-order valence-corrected chi connectivity index (χ0v) is 11.4. The molecule has 2 aromatic rings. The average Bonchev–Trinajstić information content (AvgIpc) is 2.42. The Bertz CT molecular complexity index is 540. The fourth-order valence-electron chi connectivity index (χ4n) is 1.82. The van der Waals surface area contributed by atoms with Crippen LogP contribution in [-0.2, 0) is 6.42 Å². The molecule has 1 atom stereocenters. The molecule has 0 saturated carbocycles. The number of hydrogen-bond donors (Lipinski definition) is 1. The number of rotatable bonds is 4. The second-order valence-electron chi connectivity index (χ2n) is 4.42. The lowest BCUT2D eigenvalue weighted by Gasteiger charge is -2.13. The van der Waals surface area contributed by atoms with Crippen molar-refractivity contribution in [2.75, 3.05) is 0 Å². The van der Waals surface area contributed by atoms with Crippen LogP contribution in [0, 0.1) is 0 Å². The summed E-state index contributed by atoms with van der Waals surface area (Å²) in [5.74, 6) is -0.151. The molecule has 4 heteroatoms. The van der Waals surface area contributed by atoms with Crippen LogP contribution in [0.1, 0.15) is 23.0 Å². The van der Waals surface area contributed by atoms with Crippen LogP contribution >= 0.6 is 11.6 Å². The number of amides is 1. The Morgan fingerprint density at radius 2 is 2.00 bits per heavy atom. The highest BCUT2D eigenvalue weighted by molar-refractivity contribution is 6.30. The second kappa shape index (κ2) is 6.34. The molecule has 3 nitrogen and oxygen atoms in total. The van der Waals surface area contributed by atoms with E-state index < -0.39 is 0 Å². The Labute approximate surface area is 117 Å². The summed E-state index contributed by atoms with van der Waals surface area (Å²) in [7, 11) is 0. The fraction of sp³-hybridized carbons (Fsp3) is 0.200. The first-order valence-electron chi connectivity index (χ1n) is 6.11. The van der Waals surface area contributed by atoms with Crippen molar-refractivity contribution in [1.82, 2.24) is 10.3 Å². The fourth-order valence-corrected chi connectivity index (χ4v) is 1.95. The molecule has 1 amide bonds. The largest absolute Gasteiger partial charge is 0.348 e. The van der Waals surface area contributed by atoms with E-state index in [9.17, 15) is 4.79 Å². The lowest BCUT2D eigenvalue weighted by Crippen LogP contribution is -2.34. The minimum absolute atomic E-state index is 0.0377. The molecule has 1 heterocycles. The first kappa shape index (κ1) is 13.6. The Balaban J connectivity index is 1.92.